The molecule has 1 saturated carbocycles. The topological polar surface area (TPSA) is 95.7 Å². The van der Waals surface area contributed by atoms with Gasteiger partial charge in [0.25, 0.3) is 0 Å². The molecule has 0 bridgehead atoms. The average molecular weight is 365 g/mol. The number of fused-ring (bicyclic) bond motifs is 1. The lowest BCUT2D eigenvalue weighted by Crippen LogP contribution is -2.34. The van der Waals surface area contributed by atoms with Crippen molar-refractivity contribution < 1.29 is 18.0 Å². The molecule has 2 aromatic rings. The van der Waals surface area contributed by atoms with E-state index in [1.807, 2.05) is 6.92 Å². The highest BCUT2D eigenvalue weighted by Gasteiger charge is 2.41. The van der Waals surface area contributed by atoms with E-state index in [0.29, 0.717) is 23.3 Å². The van der Waals surface area contributed by atoms with E-state index in [0.717, 1.165) is 25.8 Å². The summed E-state index contributed by atoms with van der Waals surface area (Å²) in [6.45, 7) is 5.16. The SMILES string of the molecule is CC(O)C1CCN(c2noc3ccc(S(=O)(=O)NC4(C)CC4)cc23)C1. The van der Waals surface area contributed by atoms with E-state index in [1.54, 1.807) is 25.1 Å². The van der Waals surface area contributed by atoms with Crippen molar-refractivity contribution in [2.24, 2.45) is 5.92 Å². The molecule has 1 aromatic heterocycles. The normalized spacial score (nSPS) is 24.0. The van der Waals surface area contributed by atoms with Crippen LogP contribution in [0.1, 0.15) is 33.1 Å². The molecule has 25 heavy (non-hydrogen) atoms. The van der Waals surface area contributed by atoms with E-state index >= 15 is 0 Å². The van der Waals surface area contributed by atoms with E-state index in [-0.39, 0.29) is 22.5 Å². The van der Waals surface area contributed by atoms with Crippen molar-refractivity contribution in [3.8, 4) is 0 Å². The van der Waals surface area contributed by atoms with Crippen molar-refractivity contribution in [2.75, 3.05) is 18.0 Å². The third kappa shape index (κ3) is 3.14. The van der Waals surface area contributed by atoms with Crippen LogP contribution in [-0.2, 0) is 10.0 Å². The van der Waals surface area contributed by atoms with E-state index < -0.39 is 10.0 Å². The molecule has 2 unspecified atom stereocenters. The molecule has 2 aliphatic rings. The molecular formula is C17H23N3O4S. The number of nitrogens with zero attached hydrogens (tertiary/aromatic N) is 2. The maximum Gasteiger partial charge on any atom is 0.241 e. The van der Waals surface area contributed by atoms with E-state index in [4.69, 9.17) is 4.52 Å². The van der Waals surface area contributed by atoms with Crippen molar-refractivity contribution in [3.63, 3.8) is 0 Å². The number of hydrogen-bond donors (Lipinski definition) is 2. The fourth-order valence-corrected chi connectivity index (χ4v) is 4.84. The van der Waals surface area contributed by atoms with Crippen LogP contribution in [-0.4, -0.2) is 43.4 Å². The summed E-state index contributed by atoms with van der Waals surface area (Å²) in [6.07, 6.45) is 2.23. The molecule has 2 atom stereocenters. The van der Waals surface area contributed by atoms with Crippen LogP contribution in [0.4, 0.5) is 5.82 Å². The van der Waals surface area contributed by atoms with Crippen molar-refractivity contribution in [3.05, 3.63) is 18.2 Å². The van der Waals surface area contributed by atoms with Crippen LogP contribution in [0.2, 0.25) is 0 Å². The summed E-state index contributed by atoms with van der Waals surface area (Å²) >= 11 is 0. The van der Waals surface area contributed by atoms with Gasteiger partial charge in [-0.25, -0.2) is 13.1 Å². The smallest absolute Gasteiger partial charge is 0.241 e. The first-order valence-electron chi connectivity index (χ1n) is 8.64. The van der Waals surface area contributed by atoms with Crippen LogP contribution in [0.5, 0.6) is 0 Å². The number of benzene rings is 1. The van der Waals surface area contributed by atoms with Crippen LogP contribution >= 0.6 is 0 Å². The maximum absolute atomic E-state index is 12.6. The Morgan fingerprint density at radius 2 is 2.20 bits per heavy atom. The van der Waals surface area contributed by atoms with Crippen molar-refractivity contribution in [2.45, 2.75) is 49.6 Å². The van der Waals surface area contributed by atoms with Gasteiger partial charge in [0.1, 0.15) is 0 Å². The zero-order valence-electron chi connectivity index (χ0n) is 14.4. The van der Waals surface area contributed by atoms with Gasteiger partial charge in [0.15, 0.2) is 11.4 Å². The van der Waals surface area contributed by atoms with Gasteiger partial charge >= 0.3 is 0 Å². The minimum Gasteiger partial charge on any atom is -0.393 e. The second-order valence-electron chi connectivity index (χ2n) is 7.57. The van der Waals surface area contributed by atoms with Gasteiger partial charge in [-0.05, 0) is 51.3 Å². The molecule has 2 heterocycles. The number of aliphatic hydroxyl groups is 1. The average Bonchev–Trinajstić information content (AvgIpc) is 2.99. The molecule has 2 N–H and O–H groups in total. The summed E-state index contributed by atoms with van der Waals surface area (Å²) in [6, 6.07) is 4.83. The molecule has 1 aliphatic heterocycles. The third-order valence-electron chi connectivity index (χ3n) is 5.32. The highest BCUT2D eigenvalue weighted by molar-refractivity contribution is 7.89. The van der Waals surface area contributed by atoms with Gasteiger partial charge in [-0.15, -0.1) is 0 Å². The Kier molecular flexibility index (Phi) is 3.82. The molecule has 4 rings (SSSR count). The Labute approximate surface area is 147 Å². The molecular weight excluding hydrogens is 342 g/mol. The van der Waals surface area contributed by atoms with Crippen LogP contribution < -0.4 is 9.62 Å². The van der Waals surface area contributed by atoms with E-state index in [9.17, 15) is 13.5 Å². The number of anilines is 1. The monoisotopic (exact) mass is 365 g/mol. The molecule has 2 fully saturated rings. The standard InChI is InChI=1S/C17H23N3O4S/c1-11(21)12-5-8-20(10-12)16-14-9-13(3-4-15(14)24-18-16)25(22,23)19-17(2)6-7-17/h3-4,9,11-12,19,21H,5-8,10H2,1-2H3. The summed E-state index contributed by atoms with van der Waals surface area (Å²) in [5.74, 6) is 0.836. The predicted octanol–water partition coefficient (Wildman–Crippen LogP) is 1.87. The summed E-state index contributed by atoms with van der Waals surface area (Å²) in [7, 11) is -3.57. The molecule has 7 nitrogen and oxygen atoms in total. The van der Waals surface area contributed by atoms with Crippen molar-refractivity contribution in [1.29, 1.82) is 0 Å². The lowest BCUT2D eigenvalue weighted by molar-refractivity contribution is 0.136. The second-order valence-corrected chi connectivity index (χ2v) is 9.25. The lowest BCUT2D eigenvalue weighted by Gasteiger charge is -2.17. The number of rotatable bonds is 5. The van der Waals surface area contributed by atoms with Crippen molar-refractivity contribution >= 4 is 26.8 Å². The number of hydrogen-bond acceptors (Lipinski definition) is 6. The van der Waals surface area contributed by atoms with Gasteiger partial charge in [-0.3, -0.25) is 0 Å². The first-order valence-corrected chi connectivity index (χ1v) is 10.1. The molecule has 1 saturated heterocycles. The van der Waals surface area contributed by atoms with Crippen LogP contribution in [0, 0.1) is 5.92 Å². The zero-order chi connectivity index (χ0) is 17.8. The zero-order valence-corrected chi connectivity index (χ0v) is 15.2. The fraction of sp³-hybridized carbons (Fsp3) is 0.588. The highest BCUT2D eigenvalue weighted by atomic mass is 32.2. The highest BCUT2D eigenvalue weighted by Crippen LogP contribution is 2.37. The van der Waals surface area contributed by atoms with Crippen LogP contribution in [0.3, 0.4) is 0 Å². The molecule has 1 aromatic carbocycles. The Balaban J connectivity index is 1.66. The van der Waals surface area contributed by atoms with E-state index in [1.165, 1.54) is 0 Å². The first-order chi connectivity index (χ1) is 11.8. The third-order valence-corrected chi connectivity index (χ3v) is 6.96. The largest absolute Gasteiger partial charge is 0.393 e. The molecule has 0 spiro atoms. The first kappa shape index (κ1) is 16.8. The van der Waals surface area contributed by atoms with Gasteiger partial charge in [0.05, 0.1) is 16.4 Å². The number of sulfonamides is 1. The summed E-state index contributed by atoms with van der Waals surface area (Å²) in [5, 5.41) is 14.6. The Morgan fingerprint density at radius 1 is 1.44 bits per heavy atom. The molecule has 8 heteroatoms. The number of aromatic nitrogens is 1. The fourth-order valence-electron chi connectivity index (χ4n) is 3.35. The van der Waals surface area contributed by atoms with Gasteiger partial charge in [0.2, 0.25) is 10.0 Å². The van der Waals surface area contributed by atoms with Gasteiger partial charge in [-0.1, -0.05) is 5.16 Å². The Hall–Kier alpha value is -1.64. The molecule has 136 valence electrons. The van der Waals surface area contributed by atoms with Crippen molar-refractivity contribution in [1.82, 2.24) is 9.88 Å². The quantitative estimate of drug-likeness (QED) is 0.840. The lowest BCUT2D eigenvalue weighted by atomic mass is 10.0. The predicted molar refractivity (Wildman–Crippen MR) is 94.0 cm³/mol. The van der Waals surface area contributed by atoms with Gasteiger partial charge < -0.3 is 14.5 Å². The second kappa shape index (κ2) is 5.69. The van der Waals surface area contributed by atoms with E-state index in [2.05, 4.69) is 14.8 Å². The number of nitrogens with one attached hydrogen (secondary N) is 1. The minimum absolute atomic E-state index is 0.190. The molecule has 0 radical (unpaired) electrons. The summed E-state index contributed by atoms with van der Waals surface area (Å²) < 4.78 is 33.4. The summed E-state index contributed by atoms with van der Waals surface area (Å²) in [5.41, 5.74) is 0.247. The molecule has 0 amide bonds. The van der Waals surface area contributed by atoms with Crippen LogP contribution in [0.15, 0.2) is 27.6 Å². The van der Waals surface area contributed by atoms with Crippen LogP contribution in [0.25, 0.3) is 11.0 Å². The minimum atomic E-state index is -3.57. The number of aliphatic hydroxyl groups excluding tert-OH is 1. The van der Waals surface area contributed by atoms with Gasteiger partial charge in [-0.2, -0.15) is 0 Å². The maximum atomic E-state index is 12.6. The molecule has 1 aliphatic carbocycles. The summed E-state index contributed by atoms with van der Waals surface area (Å²) in [4.78, 5) is 2.28. The van der Waals surface area contributed by atoms with Gasteiger partial charge in [0, 0.05) is 24.5 Å². The Bertz CT molecular complexity index is 902. The Morgan fingerprint density at radius 3 is 2.84 bits per heavy atom.